The van der Waals surface area contributed by atoms with Crippen LogP contribution in [0.25, 0.3) is 6.08 Å². The summed E-state index contributed by atoms with van der Waals surface area (Å²) in [5.41, 5.74) is 3.13. The van der Waals surface area contributed by atoms with Gasteiger partial charge in [0, 0.05) is 15.6 Å². The number of esters is 1. The number of ketones is 1. The number of Topliss-reactive ketones (excluding diaryl/α,β-unsaturated/α-hetero) is 1. The number of carbonyl (C=O) groups excluding carboxylic acids is 2. The van der Waals surface area contributed by atoms with Gasteiger partial charge in [-0.3, -0.25) is 4.79 Å². The Kier molecular flexibility index (Phi) is 6.08. The molecule has 33 heavy (non-hydrogen) atoms. The quantitative estimate of drug-likeness (QED) is 0.222. The van der Waals surface area contributed by atoms with Gasteiger partial charge in [0.05, 0.1) is 11.1 Å². The molecule has 0 saturated heterocycles. The fourth-order valence-corrected chi connectivity index (χ4v) is 3.97. The Morgan fingerprint density at radius 3 is 2.33 bits per heavy atom. The van der Waals surface area contributed by atoms with Crippen molar-refractivity contribution in [1.82, 2.24) is 0 Å². The third-order valence-corrected chi connectivity index (χ3v) is 6.04. The van der Waals surface area contributed by atoms with Crippen LogP contribution in [0.3, 0.4) is 0 Å². The molecule has 3 aromatic carbocycles. The van der Waals surface area contributed by atoms with Gasteiger partial charge in [0.2, 0.25) is 5.78 Å². The maximum atomic E-state index is 12.8. The van der Waals surface area contributed by atoms with Gasteiger partial charge in [-0.1, -0.05) is 62.2 Å². The van der Waals surface area contributed by atoms with Gasteiger partial charge in [-0.25, -0.2) is 4.79 Å². The fourth-order valence-electron chi connectivity index (χ4n) is 3.50. The van der Waals surface area contributed by atoms with Crippen molar-refractivity contribution in [2.75, 3.05) is 0 Å². The first-order valence-corrected chi connectivity index (χ1v) is 11.2. The van der Waals surface area contributed by atoms with Crippen LogP contribution in [0.2, 0.25) is 10.0 Å². The molecule has 3 aromatic rings. The van der Waals surface area contributed by atoms with Crippen LogP contribution in [0, 0.1) is 6.92 Å². The van der Waals surface area contributed by atoms with Crippen molar-refractivity contribution >= 4 is 41.0 Å². The van der Waals surface area contributed by atoms with Gasteiger partial charge in [0.25, 0.3) is 0 Å². The minimum Gasteiger partial charge on any atom is -0.452 e. The molecule has 0 spiro atoms. The van der Waals surface area contributed by atoms with Crippen LogP contribution < -0.4 is 9.47 Å². The molecular weight excluding hydrogens is 459 g/mol. The van der Waals surface area contributed by atoms with Gasteiger partial charge >= 0.3 is 5.97 Å². The van der Waals surface area contributed by atoms with Crippen LogP contribution in [0.4, 0.5) is 0 Å². The molecule has 0 atom stereocenters. The van der Waals surface area contributed by atoms with E-state index in [0.717, 1.165) is 5.56 Å². The maximum Gasteiger partial charge on any atom is 0.343 e. The summed E-state index contributed by atoms with van der Waals surface area (Å²) < 4.78 is 11.5. The second-order valence-electron chi connectivity index (χ2n) is 8.89. The number of fused-ring (bicyclic) bond motifs is 1. The zero-order chi connectivity index (χ0) is 23.9. The maximum absolute atomic E-state index is 12.8. The minimum atomic E-state index is -0.480. The van der Waals surface area contributed by atoms with Crippen molar-refractivity contribution in [3.63, 3.8) is 0 Å². The van der Waals surface area contributed by atoms with Gasteiger partial charge in [0.1, 0.15) is 11.5 Å². The summed E-state index contributed by atoms with van der Waals surface area (Å²) >= 11 is 12.2. The Labute approximate surface area is 202 Å². The molecule has 1 heterocycles. The molecule has 0 aromatic heterocycles. The molecular formula is C27H22Cl2O4. The molecule has 0 unspecified atom stereocenters. The molecule has 6 heteroatoms. The molecule has 0 saturated carbocycles. The summed E-state index contributed by atoms with van der Waals surface area (Å²) in [5.74, 6) is 0.0850. The predicted octanol–water partition coefficient (Wildman–Crippen LogP) is 7.43. The lowest BCUT2D eigenvalue weighted by molar-refractivity contribution is 0.0733. The van der Waals surface area contributed by atoms with E-state index in [9.17, 15) is 9.59 Å². The minimum absolute atomic E-state index is 0.00958. The summed E-state index contributed by atoms with van der Waals surface area (Å²) in [5, 5.41) is 0.908. The number of allylic oxidation sites excluding steroid dienone is 1. The van der Waals surface area contributed by atoms with Crippen molar-refractivity contribution in [1.29, 1.82) is 0 Å². The van der Waals surface area contributed by atoms with E-state index in [1.54, 1.807) is 55.5 Å². The molecule has 0 amide bonds. The van der Waals surface area contributed by atoms with Crippen molar-refractivity contribution in [3.05, 3.63) is 98.2 Å². The van der Waals surface area contributed by atoms with Crippen molar-refractivity contribution in [3.8, 4) is 11.5 Å². The zero-order valence-electron chi connectivity index (χ0n) is 18.7. The Hall–Kier alpha value is -3.08. The second kappa shape index (κ2) is 8.69. The monoisotopic (exact) mass is 480 g/mol. The number of hydrogen-bond acceptors (Lipinski definition) is 4. The number of rotatable bonds is 3. The van der Waals surface area contributed by atoms with Gasteiger partial charge in [-0.05, 0) is 65.9 Å². The van der Waals surface area contributed by atoms with Crippen LogP contribution in [0.1, 0.15) is 58.2 Å². The lowest BCUT2D eigenvalue weighted by atomic mass is 9.87. The standard InChI is InChI=1S/C27H22Cl2O4/c1-15-22(33-26(31)16-5-8-18(9-6-16)27(2,3)4)12-11-20-24(30)23(32-25(15)20)13-17-7-10-19(28)14-21(17)29/h5-14H,1-4H3/b23-13-. The van der Waals surface area contributed by atoms with Crippen molar-refractivity contribution < 1.29 is 19.1 Å². The Bertz CT molecular complexity index is 1300. The first kappa shape index (κ1) is 23.1. The third kappa shape index (κ3) is 4.68. The molecule has 4 nitrogen and oxygen atoms in total. The Morgan fingerprint density at radius 1 is 1.00 bits per heavy atom. The molecule has 0 bridgehead atoms. The van der Waals surface area contributed by atoms with E-state index in [-0.39, 0.29) is 17.0 Å². The van der Waals surface area contributed by atoms with Crippen LogP contribution in [-0.2, 0) is 5.41 Å². The van der Waals surface area contributed by atoms with E-state index in [1.807, 2.05) is 12.1 Å². The highest BCUT2D eigenvalue weighted by Crippen LogP contribution is 2.40. The van der Waals surface area contributed by atoms with Crippen LogP contribution in [0.5, 0.6) is 11.5 Å². The van der Waals surface area contributed by atoms with Gasteiger partial charge in [-0.2, -0.15) is 0 Å². The van der Waals surface area contributed by atoms with Gasteiger partial charge in [0.15, 0.2) is 5.76 Å². The smallest absolute Gasteiger partial charge is 0.343 e. The summed E-state index contributed by atoms with van der Waals surface area (Å²) in [4.78, 5) is 25.5. The predicted molar refractivity (Wildman–Crippen MR) is 131 cm³/mol. The highest BCUT2D eigenvalue weighted by molar-refractivity contribution is 6.35. The molecule has 4 rings (SSSR count). The number of ether oxygens (including phenoxy) is 2. The summed E-state index contributed by atoms with van der Waals surface area (Å²) in [6, 6.07) is 15.5. The topological polar surface area (TPSA) is 52.6 Å². The molecule has 1 aliphatic rings. The fraction of sp³-hybridized carbons (Fsp3) is 0.185. The summed E-state index contributed by atoms with van der Waals surface area (Å²) in [7, 11) is 0. The zero-order valence-corrected chi connectivity index (χ0v) is 20.2. The Balaban J connectivity index is 1.58. The molecule has 0 N–H and O–H groups in total. The normalized spacial score (nSPS) is 14.2. The number of halogens is 2. The number of carbonyl (C=O) groups is 2. The first-order chi connectivity index (χ1) is 15.5. The molecule has 0 radical (unpaired) electrons. The van der Waals surface area contributed by atoms with E-state index in [0.29, 0.717) is 43.8 Å². The highest BCUT2D eigenvalue weighted by Gasteiger charge is 2.31. The van der Waals surface area contributed by atoms with E-state index in [1.165, 1.54) is 0 Å². The molecule has 0 fully saturated rings. The largest absolute Gasteiger partial charge is 0.452 e. The SMILES string of the molecule is Cc1c(OC(=O)c2ccc(C(C)(C)C)cc2)ccc2c1O/C(=C\c1ccc(Cl)cc1Cl)C2=O. The van der Waals surface area contributed by atoms with Crippen LogP contribution >= 0.6 is 23.2 Å². The lowest BCUT2D eigenvalue weighted by Crippen LogP contribution is -2.13. The van der Waals surface area contributed by atoms with Crippen LogP contribution in [0.15, 0.2) is 60.4 Å². The molecule has 0 aliphatic carbocycles. The van der Waals surface area contributed by atoms with Gasteiger partial charge < -0.3 is 9.47 Å². The molecule has 1 aliphatic heterocycles. The van der Waals surface area contributed by atoms with E-state index < -0.39 is 5.97 Å². The first-order valence-electron chi connectivity index (χ1n) is 10.4. The van der Waals surface area contributed by atoms with Crippen molar-refractivity contribution in [2.45, 2.75) is 33.1 Å². The second-order valence-corrected chi connectivity index (χ2v) is 9.73. The number of hydrogen-bond donors (Lipinski definition) is 0. The number of benzene rings is 3. The average molecular weight is 481 g/mol. The Morgan fingerprint density at radius 2 is 1.70 bits per heavy atom. The average Bonchev–Trinajstić information content (AvgIpc) is 3.08. The van der Waals surface area contributed by atoms with Crippen LogP contribution in [-0.4, -0.2) is 11.8 Å². The summed E-state index contributed by atoms with van der Waals surface area (Å²) in [6.45, 7) is 8.08. The molecule has 168 valence electrons. The summed E-state index contributed by atoms with van der Waals surface area (Å²) in [6.07, 6.45) is 1.57. The van der Waals surface area contributed by atoms with Crippen molar-refractivity contribution in [2.24, 2.45) is 0 Å². The van der Waals surface area contributed by atoms with E-state index >= 15 is 0 Å². The van der Waals surface area contributed by atoms with Gasteiger partial charge in [-0.15, -0.1) is 0 Å². The third-order valence-electron chi connectivity index (χ3n) is 5.48. The lowest BCUT2D eigenvalue weighted by Gasteiger charge is -2.19. The highest BCUT2D eigenvalue weighted by atomic mass is 35.5. The van der Waals surface area contributed by atoms with E-state index in [4.69, 9.17) is 32.7 Å². The van der Waals surface area contributed by atoms with E-state index in [2.05, 4.69) is 20.8 Å².